The normalized spacial score (nSPS) is 11.4. The number of halogens is 1. The van der Waals surface area contributed by atoms with Gasteiger partial charge in [0.25, 0.3) is 0 Å². The molecule has 0 bridgehead atoms. The molecule has 0 atom stereocenters. The molecule has 3 heteroatoms. The second-order valence-electron chi connectivity index (χ2n) is 4.29. The highest BCUT2D eigenvalue weighted by atomic mass is 19.1. The lowest BCUT2D eigenvalue weighted by atomic mass is 10.3. The largest absolute Gasteiger partial charge is 0.485 e. The molecule has 0 amide bonds. The van der Waals surface area contributed by atoms with Crippen molar-refractivity contribution in [3.8, 4) is 5.75 Å². The molecule has 0 heterocycles. The van der Waals surface area contributed by atoms with Crippen molar-refractivity contribution in [3.63, 3.8) is 0 Å². The van der Waals surface area contributed by atoms with Crippen molar-refractivity contribution in [1.29, 1.82) is 0 Å². The van der Waals surface area contributed by atoms with Crippen molar-refractivity contribution in [1.82, 2.24) is 0 Å². The summed E-state index contributed by atoms with van der Waals surface area (Å²) < 4.78 is 19.2. The van der Waals surface area contributed by atoms with E-state index in [1.807, 2.05) is 0 Å². The van der Waals surface area contributed by atoms with Gasteiger partial charge in [-0.05, 0) is 12.1 Å². The molecule has 14 heavy (non-hydrogen) atoms. The Morgan fingerprint density at radius 3 is 2.43 bits per heavy atom. The van der Waals surface area contributed by atoms with E-state index in [0.717, 1.165) is 11.0 Å². The van der Waals surface area contributed by atoms with Crippen molar-refractivity contribution in [2.45, 2.75) is 0 Å². The van der Waals surface area contributed by atoms with E-state index < -0.39 is 0 Å². The standard InChI is InChI=1S/C11H17FNO/c1-13(2,3)8-9-14-11-7-5-4-6-10(11)12/h4-7H,8-9H2,1-3H3/q+1. The van der Waals surface area contributed by atoms with Gasteiger partial charge in [-0.1, -0.05) is 12.1 Å². The Hall–Kier alpha value is -1.09. The number of rotatable bonds is 4. The van der Waals surface area contributed by atoms with Crippen LogP contribution in [0.5, 0.6) is 5.75 Å². The maximum Gasteiger partial charge on any atom is 0.165 e. The molecule has 0 aliphatic carbocycles. The second kappa shape index (κ2) is 4.42. The van der Waals surface area contributed by atoms with Crippen LogP contribution in [0, 0.1) is 5.82 Å². The molecule has 0 radical (unpaired) electrons. The maximum atomic E-state index is 13.1. The van der Waals surface area contributed by atoms with Crippen LogP contribution in [-0.2, 0) is 0 Å². The molecular formula is C11H17FNO+. The van der Waals surface area contributed by atoms with E-state index in [-0.39, 0.29) is 5.82 Å². The zero-order valence-electron chi connectivity index (χ0n) is 8.96. The number of likely N-dealkylation sites (N-methyl/N-ethyl adjacent to an activating group) is 1. The molecule has 0 N–H and O–H groups in total. The van der Waals surface area contributed by atoms with Crippen LogP contribution < -0.4 is 4.74 Å². The van der Waals surface area contributed by atoms with E-state index in [9.17, 15) is 4.39 Å². The lowest BCUT2D eigenvalue weighted by Crippen LogP contribution is -2.38. The Morgan fingerprint density at radius 2 is 1.86 bits per heavy atom. The van der Waals surface area contributed by atoms with Gasteiger partial charge in [0.1, 0.15) is 13.2 Å². The first-order valence-corrected chi connectivity index (χ1v) is 4.67. The number of benzene rings is 1. The molecule has 1 aromatic rings. The van der Waals surface area contributed by atoms with E-state index in [2.05, 4.69) is 21.1 Å². The third kappa shape index (κ3) is 3.75. The highest BCUT2D eigenvalue weighted by Crippen LogP contribution is 2.15. The van der Waals surface area contributed by atoms with Crippen LogP contribution in [-0.4, -0.2) is 38.8 Å². The van der Waals surface area contributed by atoms with Gasteiger partial charge in [-0.25, -0.2) is 4.39 Å². The zero-order chi connectivity index (χ0) is 10.6. The van der Waals surface area contributed by atoms with Crippen LogP contribution in [0.25, 0.3) is 0 Å². The third-order valence-electron chi connectivity index (χ3n) is 1.86. The highest BCUT2D eigenvalue weighted by Gasteiger charge is 2.07. The molecule has 0 unspecified atom stereocenters. The first kappa shape index (κ1) is 11.0. The number of para-hydroxylation sites is 1. The number of hydrogen-bond acceptors (Lipinski definition) is 1. The van der Waals surface area contributed by atoms with Gasteiger partial charge < -0.3 is 9.22 Å². The van der Waals surface area contributed by atoms with E-state index in [1.165, 1.54) is 6.07 Å². The number of nitrogens with zero attached hydrogens (tertiary/aromatic N) is 1. The quantitative estimate of drug-likeness (QED) is 0.671. The van der Waals surface area contributed by atoms with E-state index in [0.29, 0.717) is 12.4 Å². The predicted octanol–water partition coefficient (Wildman–Crippen LogP) is 1.91. The molecule has 0 aliphatic rings. The van der Waals surface area contributed by atoms with E-state index in [4.69, 9.17) is 4.74 Å². The second-order valence-corrected chi connectivity index (χ2v) is 4.29. The van der Waals surface area contributed by atoms with Gasteiger partial charge in [0.2, 0.25) is 0 Å². The van der Waals surface area contributed by atoms with Crippen LogP contribution in [0.3, 0.4) is 0 Å². The Kier molecular flexibility index (Phi) is 3.47. The number of hydrogen-bond donors (Lipinski definition) is 0. The molecule has 0 aromatic heterocycles. The van der Waals surface area contributed by atoms with Gasteiger partial charge in [0.05, 0.1) is 21.1 Å². The molecule has 78 valence electrons. The minimum atomic E-state index is -0.297. The molecule has 0 aliphatic heterocycles. The molecule has 0 saturated heterocycles. The van der Waals surface area contributed by atoms with Crippen LogP contribution in [0.4, 0.5) is 4.39 Å². The molecule has 1 aromatic carbocycles. The lowest BCUT2D eigenvalue weighted by Gasteiger charge is -2.23. The molecular weight excluding hydrogens is 181 g/mol. The van der Waals surface area contributed by atoms with Crippen molar-refractivity contribution < 1.29 is 13.6 Å². The van der Waals surface area contributed by atoms with Gasteiger partial charge in [0.15, 0.2) is 11.6 Å². The Bertz CT molecular complexity index is 294. The van der Waals surface area contributed by atoms with E-state index >= 15 is 0 Å². The smallest absolute Gasteiger partial charge is 0.165 e. The summed E-state index contributed by atoms with van der Waals surface area (Å²) in [5, 5.41) is 0. The lowest BCUT2D eigenvalue weighted by molar-refractivity contribution is -0.870. The molecule has 2 nitrogen and oxygen atoms in total. The molecule has 0 spiro atoms. The fourth-order valence-electron chi connectivity index (χ4n) is 0.991. The Balaban J connectivity index is 2.43. The Labute approximate surface area is 84.5 Å². The van der Waals surface area contributed by atoms with Crippen LogP contribution in [0.1, 0.15) is 0 Å². The van der Waals surface area contributed by atoms with Crippen LogP contribution in [0.15, 0.2) is 24.3 Å². The highest BCUT2D eigenvalue weighted by molar-refractivity contribution is 5.23. The predicted molar refractivity (Wildman–Crippen MR) is 54.8 cm³/mol. The summed E-state index contributed by atoms with van der Waals surface area (Å²) in [5.41, 5.74) is 0. The molecule has 0 saturated carbocycles. The van der Waals surface area contributed by atoms with Crippen LogP contribution >= 0.6 is 0 Å². The monoisotopic (exact) mass is 198 g/mol. The Morgan fingerprint density at radius 1 is 1.21 bits per heavy atom. The third-order valence-corrected chi connectivity index (χ3v) is 1.86. The van der Waals surface area contributed by atoms with Gasteiger partial charge in [-0.15, -0.1) is 0 Å². The maximum absolute atomic E-state index is 13.1. The summed E-state index contributed by atoms with van der Waals surface area (Å²) in [4.78, 5) is 0. The van der Waals surface area contributed by atoms with E-state index in [1.54, 1.807) is 18.2 Å². The number of ether oxygens (including phenoxy) is 1. The molecule has 1 rings (SSSR count). The first-order valence-electron chi connectivity index (χ1n) is 4.67. The fourth-order valence-corrected chi connectivity index (χ4v) is 0.991. The summed E-state index contributed by atoms with van der Waals surface area (Å²) >= 11 is 0. The summed E-state index contributed by atoms with van der Waals surface area (Å²) in [6.07, 6.45) is 0. The summed E-state index contributed by atoms with van der Waals surface area (Å²) in [5.74, 6) is 0.0369. The van der Waals surface area contributed by atoms with Gasteiger partial charge in [-0.2, -0.15) is 0 Å². The summed E-state index contributed by atoms with van der Waals surface area (Å²) in [6, 6.07) is 6.47. The zero-order valence-corrected chi connectivity index (χ0v) is 8.96. The van der Waals surface area contributed by atoms with Gasteiger partial charge in [0, 0.05) is 0 Å². The average molecular weight is 198 g/mol. The summed E-state index contributed by atoms with van der Waals surface area (Å²) in [7, 11) is 6.22. The minimum absolute atomic E-state index is 0.297. The minimum Gasteiger partial charge on any atom is -0.485 e. The topological polar surface area (TPSA) is 9.23 Å². The van der Waals surface area contributed by atoms with Crippen molar-refractivity contribution >= 4 is 0 Å². The SMILES string of the molecule is C[N+](C)(C)CCOc1ccccc1F. The average Bonchev–Trinajstić information content (AvgIpc) is 2.06. The summed E-state index contributed by atoms with van der Waals surface area (Å²) in [6.45, 7) is 1.39. The van der Waals surface area contributed by atoms with Crippen molar-refractivity contribution in [3.05, 3.63) is 30.1 Å². The van der Waals surface area contributed by atoms with Gasteiger partial charge >= 0.3 is 0 Å². The van der Waals surface area contributed by atoms with Crippen LogP contribution in [0.2, 0.25) is 0 Å². The molecule has 0 fully saturated rings. The number of quaternary nitrogens is 1. The van der Waals surface area contributed by atoms with Crippen molar-refractivity contribution in [2.24, 2.45) is 0 Å². The fraction of sp³-hybridized carbons (Fsp3) is 0.455. The van der Waals surface area contributed by atoms with Crippen molar-refractivity contribution in [2.75, 3.05) is 34.3 Å². The first-order chi connectivity index (χ1) is 6.49. The van der Waals surface area contributed by atoms with Gasteiger partial charge in [-0.3, -0.25) is 0 Å².